The molecule has 1 heterocycles. The first kappa shape index (κ1) is 12.7. The second kappa shape index (κ2) is 5.25. The highest BCUT2D eigenvalue weighted by Crippen LogP contribution is 2.37. The highest BCUT2D eigenvalue weighted by molar-refractivity contribution is 5.71. The lowest BCUT2D eigenvalue weighted by atomic mass is 9.98. The molecule has 2 rings (SSSR count). The van der Waals surface area contributed by atoms with Gasteiger partial charge in [0.25, 0.3) is 0 Å². The van der Waals surface area contributed by atoms with E-state index in [1.54, 1.807) is 0 Å². The van der Waals surface area contributed by atoms with Crippen LogP contribution in [0.5, 0.6) is 0 Å². The Morgan fingerprint density at radius 3 is 2.83 bits per heavy atom. The molecule has 0 fully saturated rings. The summed E-state index contributed by atoms with van der Waals surface area (Å²) in [5.41, 5.74) is 3.64. The van der Waals surface area contributed by atoms with Crippen LogP contribution in [-0.4, -0.2) is 24.2 Å². The molecule has 3 heteroatoms. The number of para-hydroxylation sites is 1. The molecule has 1 aromatic rings. The van der Waals surface area contributed by atoms with Crippen molar-refractivity contribution in [1.82, 2.24) is 0 Å². The fourth-order valence-electron chi connectivity index (χ4n) is 2.43. The standard InChI is InChI=1S/C15H19NO2/c1-11(2)7-8-16-10-12(9-15(17)18)13-5-3-4-6-14(13)16/h3-7,12H,8-10H2,1-2H3,(H,17,18). The highest BCUT2D eigenvalue weighted by atomic mass is 16.4. The fraction of sp³-hybridized carbons (Fsp3) is 0.400. The van der Waals surface area contributed by atoms with E-state index in [0.29, 0.717) is 0 Å². The highest BCUT2D eigenvalue weighted by Gasteiger charge is 2.28. The van der Waals surface area contributed by atoms with E-state index in [9.17, 15) is 4.79 Å². The van der Waals surface area contributed by atoms with Gasteiger partial charge in [-0.3, -0.25) is 4.79 Å². The summed E-state index contributed by atoms with van der Waals surface area (Å²) in [5, 5.41) is 8.97. The number of hydrogen-bond acceptors (Lipinski definition) is 2. The molecule has 18 heavy (non-hydrogen) atoms. The van der Waals surface area contributed by atoms with Gasteiger partial charge in [-0.15, -0.1) is 0 Å². The quantitative estimate of drug-likeness (QED) is 0.829. The van der Waals surface area contributed by atoms with Crippen LogP contribution in [0, 0.1) is 0 Å². The minimum absolute atomic E-state index is 0.115. The zero-order chi connectivity index (χ0) is 13.1. The van der Waals surface area contributed by atoms with E-state index in [4.69, 9.17) is 5.11 Å². The van der Waals surface area contributed by atoms with Crippen LogP contribution in [0.4, 0.5) is 5.69 Å². The number of allylic oxidation sites excluding steroid dienone is 1. The summed E-state index contributed by atoms with van der Waals surface area (Å²) >= 11 is 0. The van der Waals surface area contributed by atoms with Gasteiger partial charge >= 0.3 is 5.97 Å². The molecular weight excluding hydrogens is 226 g/mol. The lowest BCUT2D eigenvalue weighted by molar-refractivity contribution is -0.137. The molecule has 1 aliphatic heterocycles. The SMILES string of the molecule is CC(C)=CCN1CC(CC(=O)O)c2ccccc21. The van der Waals surface area contributed by atoms with E-state index in [-0.39, 0.29) is 12.3 Å². The second-order valence-electron chi connectivity index (χ2n) is 5.04. The largest absolute Gasteiger partial charge is 0.481 e. The van der Waals surface area contributed by atoms with Crippen molar-refractivity contribution in [3.63, 3.8) is 0 Å². The molecule has 0 amide bonds. The van der Waals surface area contributed by atoms with Gasteiger partial charge in [0.05, 0.1) is 6.42 Å². The summed E-state index contributed by atoms with van der Waals surface area (Å²) in [7, 11) is 0. The number of carboxylic acid groups (broad SMARTS) is 1. The van der Waals surface area contributed by atoms with Crippen LogP contribution in [0.15, 0.2) is 35.9 Å². The summed E-state index contributed by atoms with van der Waals surface area (Å²) in [6.07, 6.45) is 2.39. The van der Waals surface area contributed by atoms with Gasteiger partial charge in [0.1, 0.15) is 0 Å². The summed E-state index contributed by atoms with van der Waals surface area (Å²) < 4.78 is 0. The normalized spacial score (nSPS) is 17.4. The predicted molar refractivity (Wildman–Crippen MR) is 73.1 cm³/mol. The molecule has 0 saturated carbocycles. The molecule has 3 nitrogen and oxygen atoms in total. The molecule has 0 spiro atoms. The number of rotatable bonds is 4. The van der Waals surface area contributed by atoms with E-state index >= 15 is 0 Å². The van der Waals surface area contributed by atoms with Crippen LogP contribution in [0.25, 0.3) is 0 Å². The monoisotopic (exact) mass is 245 g/mol. The molecule has 1 atom stereocenters. The number of nitrogens with zero attached hydrogens (tertiary/aromatic N) is 1. The number of hydrogen-bond donors (Lipinski definition) is 1. The predicted octanol–water partition coefficient (Wildman–Crippen LogP) is 3.03. The van der Waals surface area contributed by atoms with Crippen molar-refractivity contribution in [2.24, 2.45) is 0 Å². The van der Waals surface area contributed by atoms with Crippen molar-refractivity contribution in [1.29, 1.82) is 0 Å². The van der Waals surface area contributed by atoms with Crippen LogP contribution >= 0.6 is 0 Å². The molecule has 96 valence electrons. The van der Waals surface area contributed by atoms with Crippen LogP contribution in [-0.2, 0) is 4.79 Å². The van der Waals surface area contributed by atoms with E-state index in [1.807, 2.05) is 18.2 Å². The van der Waals surface area contributed by atoms with Gasteiger partial charge in [-0.1, -0.05) is 29.8 Å². The Kier molecular flexibility index (Phi) is 3.70. The zero-order valence-corrected chi connectivity index (χ0v) is 10.9. The van der Waals surface area contributed by atoms with Crippen molar-refractivity contribution >= 4 is 11.7 Å². The number of benzene rings is 1. The van der Waals surface area contributed by atoms with E-state index < -0.39 is 5.97 Å². The van der Waals surface area contributed by atoms with E-state index in [1.165, 1.54) is 16.8 Å². The maximum Gasteiger partial charge on any atom is 0.304 e. The average molecular weight is 245 g/mol. The topological polar surface area (TPSA) is 40.5 Å². The minimum Gasteiger partial charge on any atom is -0.481 e. The number of anilines is 1. The van der Waals surface area contributed by atoms with Crippen molar-refractivity contribution in [2.45, 2.75) is 26.2 Å². The van der Waals surface area contributed by atoms with Gasteiger partial charge in [-0.05, 0) is 25.5 Å². The summed E-state index contributed by atoms with van der Waals surface area (Å²) in [6, 6.07) is 8.12. The fourth-order valence-corrected chi connectivity index (χ4v) is 2.43. The first-order valence-electron chi connectivity index (χ1n) is 6.27. The molecule has 1 unspecified atom stereocenters. The van der Waals surface area contributed by atoms with Crippen molar-refractivity contribution in [3.05, 3.63) is 41.5 Å². The number of carboxylic acids is 1. The zero-order valence-electron chi connectivity index (χ0n) is 10.9. The Bertz CT molecular complexity index is 475. The Morgan fingerprint density at radius 1 is 1.44 bits per heavy atom. The maximum atomic E-state index is 10.9. The lowest BCUT2D eigenvalue weighted by Crippen LogP contribution is -2.22. The van der Waals surface area contributed by atoms with Gasteiger partial charge < -0.3 is 10.0 Å². The average Bonchev–Trinajstić information content (AvgIpc) is 2.65. The van der Waals surface area contributed by atoms with Crippen LogP contribution in [0.1, 0.15) is 31.7 Å². The Labute approximate surface area is 108 Å². The smallest absolute Gasteiger partial charge is 0.304 e. The first-order chi connectivity index (χ1) is 8.58. The van der Waals surface area contributed by atoms with Crippen LogP contribution < -0.4 is 4.90 Å². The summed E-state index contributed by atoms with van der Waals surface area (Å²) in [6.45, 7) is 5.82. The molecule has 0 aromatic heterocycles. The maximum absolute atomic E-state index is 10.9. The Morgan fingerprint density at radius 2 is 2.17 bits per heavy atom. The molecule has 1 aliphatic rings. The molecule has 0 saturated heterocycles. The van der Waals surface area contributed by atoms with Crippen molar-refractivity contribution < 1.29 is 9.90 Å². The Hall–Kier alpha value is -1.77. The molecular formula is C15H19NO2. The van der Waals surface area contributed by atoms with Gasteiger partial charge in [0.2, 0.25) is 0 Å². The van der Waals surface area contributed by atoms with Gasteiger partial charge in [0, 0.05) is 24.7 Å². The van der Waals surface area contributed by atoms with Crippen LogP contribution in [0.2, 0.25) is 0 Å². The molecule has 0 bridgehead atoms. The second-order valence-corrected chi connectivity index (χ2v) is 5.04. The van der Waals surface area contributed by atoms with E-state index in [0.717, 1.165) is 13.1 Å². The first-order valence-corrected chi connectivity index (χ1v) is 6.27. The van der Waals surface area contributed by atoms with Gasteiger partial charge in [-0.2, -0.15) is 0 Å². The molecule has 1 N–H and O–H groups in total. The summed E-state index contributed by atoms with van der Waals surface area (Å²) in [4.78, 5) is 13.2. The van der Waals surface area contributed by atoms with E-state index in [2.05, 4.69) is 30.9 Å². The third-order valence-corrected chi connectivity index (χ3v) is 3.30. The van der Waals surface area contributed by atoms with Gasteiger partial charge in [-0.25, -0.2) is 0 Å². The minimum atomic E-state index is -0.723. The number of fused-ring (bicyclic) bond motifs is 1. The molecule has 0 radical (unpaired) electrons. The molecule has 0 aliphatic carbocycles. The Balaban J connectivity index is 2.21. The third kappa shape index (κ3) is 2.73. The molecule has 1 aromatic carbocycles. The van der Waals surface area contributed by atoms with Crippen LogP contribution in [0.3, 0.4) is 0 Å². The summed E-state index contributed by atoms with van der Waals surface area (Å²) in [5.74, 6) is -0.608. The lowest BCUT2D eigenvalue weighted by Gasteiger charge is -2.17. The van der Waals surface area contributed by atoms with Crippen molar-refractivity contribution in [2.75, 3.05) is 18.0 Å². The van der Waals surface area contributed by atoms with Gasteiger partial charge in [0.15, 0.2) is 0 Å². The van der Waals surface area contributed by atoms with Crippen molar-refractivity contribution in [3.8, 4) is 0 Å². The number of carbonyl (C=O) groups is 1. The third-order valence-electron chi connectivity index (χ3n) is 3.30. The number of aliphatic carboxylic acids is 1.